The van der Waals surface area contributed by atoms with Crippen molar-refractivity contribution in [3.05, 3.63) is 29.8 Å². The summed E-state index contributed by atoms with van der Waals surface area (Å²) in [4.78, 5) is 22.1. The lowest BCUT2D eigenvalue weighted by Gasteiger charge is -2.12. The van der Waals surface area contributed by atoms with E-state index in [9.17, 15) is 9.59 Å². The van der Waals surface area contributed by atoms with Gasteiger partial charge in [0.25, 0.3) is 0 Å². The zero-order valence-corrected chi connectivity index (χ0v) is 11.7. The van der Waals surface area contributed by atoms with Crippen molar-refractivity contribution in [1.82, 2.24) is 0 Å². The van der Waals surface area contributed by atoms with Gasteiger partial charge in [0.05, 0.1) is 13.0 Å². The van der Waals surface area contributed by atoms with Crippen molar-refractivity contribution in [2.75, 3.05) is 6.61 Å². The Kier molecular flexibility index (Phi) is 7.79. The Hall–Kier alpha value is -1.59. The van der Waals surface area contributed by atoms with Crippen molar-refractivity contribution < 1.29 is 19.1 Å². The average molecular weight is 288 g/mol. The van der Waals surface area contributed by atoms with Gasteiger partial charge in [-0.25, -0.2) is 0 Å². The van der Waals surface area contributed by atoms with Crippen LogP contribution in [0.3, 0.4) is 0 Å². The third-order valence-corrected chi connectivity index (χ3v) is 2.24. The molecule has 1 atom stereocenters. The molecule has 19 heavy (non-hydrogen) atoms. The summed E-state index contributed by atoms with van der Waals surface area (Å²) in [5, 5.41) is 0. The number of halogens is 1. The molecule has 0 aromatic heterocycles. The van der Waals surface area contributed by atoms with Crippen molar-refractivity contribution in [1.29, 1.82) is 0 Å². The minimum absolute atomic E-state index is 0. The molecule has 0 amide bonds. The smallest absolute Gasteiger partial charge is 0.308 e. The summed E-state index contributed by atoms with van der Waals surface area (Å²) in [6.45, 7) is 3.40. The van der Waals surface area contributed by atoms with Gasteiger partial charge < -0.3 is 15.2 Å². The number of hydrogen-bond acceptors (Lipinski definition) is 5. The van der Waals surface area contributed by atoms with E-state index in [4.69, 9.17) is 15.2 Å². The van der Waals surface area contributed by atoms with E-state index in [0.717, 1.165) is 5.56 Å². The normalized spacial score (nSPS) is 11.1. The Morgan fingerprint density at radius 2 is 2.05 bits per heavy atom. The van der Waals surface area contributed by atoms with Crippen LogP contribution < -0.4 is 10.5 Å². The van der Waals surface area contributed by atoms with Gasteiger partial charge in [-0.05, 0) is 24.6 Å². The fraction of sp³-hybridized carbons (Fsp3) is 0.385. The highest BCUT2D eigenvalue weighted by Gasteiger charge is 2.13. The molecular formula is C13H18ClNO4. The van der Waals surface area contributed by atoms with Gasteiger partial charge in [0.1, 0.15) is 5.75 Å². The van der Waals surface area contributed by atoms with Crippen molar-refractivity contribution in [2.24, 2.45) is 5.73 Å². The van der Waals surface area contributed by atoms with Crippen LogP contribution in [-0.4, -0.2) is 18.5 Å². The van der Waals surface area contributed by atoms with E-state index < -0.39 is 12.0 Å². The topological polar surface area (TPSA) is 78.6 Å². The summed E-state index contributed by atoms with van der Waals surface area (Å²) in [7, 11) is 0. The van der Waals surface area contributed by atoms with Crippen LogP contribution in [0.4, 0.5) is 0 Å². The molecule has 0 aliphatic carbocycles. The summed E-state index contributed by atoms with van der Waals surface area (Å²) < 4.78 is 9.77. The van der Waals surface area contributed by atoms with E-state index in [-0.39, 0.29) is 24.8 Å². The second-order valence-electron chi connectivity index (χ2n) is 3.78. The average Bonchev–Trinajstić information content (AvgIpc) is 2.28. The second-order valence-corrected chi connectivity index (χ2v) is 3.78. The molecular weight excluding hydrogens is 270 g/mol. The molecule has 1 aromatic rings. The zero-order valence-electron chi connectivity index (χ0n) is 10.9. The number of carbonyl (C=O) groups excluding carboxylic acids is 2. The predicted octanol–water partition coefficient (Wildman–Crippen LogP) is 1.99. The van der Waals surface area contributed by atoms with Gasteiger partial charge in [0.15, 0.2) is 0 Å². The van der Waals surface area contributed by atoms with Gasteiger partial charge in [0, 0.05) is 13.0 Å². The number of hydrogen-bond donors (Lipinski definition) is 1. The van der Waals surface area contributed by atoms with Gasteiger partial charge in [-0.15, -0.1) is 12.4 Å². The Morgan fingerprint density at radius 3 is 2.63 bits per heavy atom. The SMILES string of the molecule is CCOC(=O)C[C@@H](N)c1cccc(OC(C)=O)c1.Cl. The second kappa shape index (κ2) is 8.50. The molecule has 0 unspecified atom stereocenters. The predicted molar refractivity (Wildman–Crippen MR) is 73.2 cm³/mol. The molecule has 106 valence electrons. The standard InChI is InChI=1S/C13H17NO4.ClH/c1-3-17-13(16)8-12(14)10-5-4-6-11(7-10)18-9(2)15;/h4-7,12H,3,8,14H2,1-2H3;1H/t12-;/m1./s1. The Labute approximate surface area is 118 Å². The molecule has 1 aromatic carbocycles. The summed E-state index contributed by atoms with van der Waals surface area (Å²) >= 11 is 0. The summed E-state index contributed by atoms with van der Waals surface area (Å²) in [5.41, 5.74) is 6.61. The molecule has 0 saturated carbocycles. The minimum atomic E-state index is -0.473. The van der Waals surface area contributed by atoms with Crippen molar-refractivity contribution >= 4 is 24.3 Å². The Balaban J connectivity index is 0.00000324. The van der Waals surface area contributed by atoms with Crippen LogP contribution in [0.2, 0.25) is 0 Å². The van der Waals surface area contributed by atoms with Crippen molar-refractivity contribution in [2.45, 2.75) is 26.3 Å². The highest BCUT2D eigenvalue weighted by molar-refractivity contribution is 5.85. The van der Waals surface area contributed by atoms with Crippen LogP contribution in [-0.2, 0) is 14.3 Å². The Bertz CT molecular complexity index is 436. The molecule has 2 N–H and O–H groups in total. The first-order valence-electron chi connectivity index (χ1n) is 5.72. The number of nitrogens with two attached hydrogens (primary N) is 1. The molecule has 0 saturated heterocycles. The largest absolute Gasteiger partial charge is 0.466 e. The molecule has 6 heteroatoms. The van der Waals surface area contributed by atoms with Crippen LogP contribution in [0, 0.1) is 0 Å². The van der Waals surface area contributed by atoms with Crippen LogP contribution in [0.1, 0.15) is 31.9 Å². The number of benzene rings is 1. The fourth-order valence-electron chi connectivity index (χ4n) is 1.49. The fourth-order valence-corrected chi connectivity index (χ4v) is 1.49. The molecule has 0 fully saturated rings. The summed E-state index contributed by atoms with van der Waals surface area (Å²) in [6.07, 6.45) is 0.0946. The van der Waals surface area contributed by atoms with Crippen molar-refractivity contribution in [3.63, 3.8) is 0 Å². The Morgan fingerprint density at radius 1 is 1.37 bits per heavy atom. The first-order chi connectivity index (χ1) is 8.52. The van der Waals surface area contributed by atoms with E-state index in [0.29, 0.717) is 12.4 Å². The number of esters is 2. The van der Waals surface area contributed by atoms with Crippen LogP contribution in [0.5, 0.6) is 5.75 Å². The number of ether oxygens (including phenoxy) is 2. The molecule has 0 aliphatic rings. The van der Waals surface area contributed by atoms with Gasteiger partial charge in [-0.3, -0.25) is 9.59 Å². The van der Waals surface area contributed by atoms with Crippen LogP contribution >= 0.6 is 12.4 Å². The molecule has 0 bridgehead atoms. The third kappa shape index (κ3) is 6.22. The maximum atomic E-state index is 11.3. The van der Waals surface area contributed by atoms with Crippen molar-refractivity contribution in [3.8, 4) is 5.75 Å². The highest BCUT2D eigenvalue weighted by atomic mass is 35.5. The van der Waals surface area contributed by atoms with E-state index >= 15 is 0 Å². The molecule has 0 aliphatic heterocycles. The van der Waals surface area contributed by atoms with E-state index in [1.807, 2.05) is 0 Å². The minimum Gasteiger partial charge on any atom is -0.466 e. The quantitative estimate of drug-likeness (QED) is 0.662. The van der Waals surface area contributed by atoms with Gasteiger partial charge in [-0.1, -0.05) is 12.1 Å². The lowest BCUT2D eigenvalue weighted by molar-refractivity contribution is -0.143. The van der Waals surface area contributed by atoms with Gasteiger partial charge in [-0.2, -0.15) is 0 Å². The van der Waals surface area contributed by atoms with Crippen LogP contribution in [0.15, 0.2) is 24.3 Å². The van der Waals surface area contributed by atoms with Gasteiger partial charge >= 0.3 is 11.9 Å². The van der Waals surface area contributed by atoms with Gasteiger partial charge in [0.2, 0.25) is 0 Å². The zero-order chi connectivity index (χ0) is 13.5. The molecule has 0 radical (unpaired) electrons. The molecule has 5 nitrogen and oxygen atoms in total. The van der Waals surface area contributed by atoms with Crippen LogP contribution in [0.25, 0.3) is 0 Å². The first kappa shape index (κ1) is 17.4. The first-order valence-corrected chi connectivity index (χ1v) is 5.72. The third-order valence-electron chi connectivity index (χ3n) is 2.24. The molecule has 0 heterocycles. The number of carbonyl (C=O) groups is 2. The van der Waals surface area contributed by atoms with E-state index in [1.54, 1.807) is 31.2 Å². The highest BCUT2D eigenvalue weighted by Crippen LogP contribution is 2.20. The lowest BCUT2D eigenvalue weighted by Crippen LogP contribution is -2.17. The molecule has 1 rings (SSSR count). The maximum absolute atomic E-state index is 11.3. The van der Waals surface area contributed by atoms with E-state index in [1.165, 1.54) is 6.92 Å². The molecule has 0 spiro atoms. The monoisotopic (exact) mass is 287 g/mol. The number of rotatable bonds is 5. The summed E-state index contributed by atoms with van der Waals surface area (Å²) in [5.74, 6) is -0.326. The van der Waals surface area contributed by atoms with E-state index in [2.05, 4.69) is 0 Å². The summed E-state index contributed by atoms with van der Waals surface area (Å²) in [6, 6.07) is 6.32. The lowest BCUT2D eigenvalue weighted by atomic mass is 10.0. The maximum Gasteiger partial charge on any atom is 0.308 e.